The van der Waals surface area contributed by atoms with Crippen LogP contribution in [0.2, 0.25) is 0 Å². The molecule has 0 atom stereocenters. The van der Waals surface area contributed by atoms with Crippen molar-refractivity contribution in [3.8, 4) is 6.07 Å². The zero-order valence-electron chi connectivity index (χ0n) is 10.3. The van der Waals surface area contributed by atoms with E-state index in [1.54, 1.807) is 18.2 Å². The number of carbonyl (C=O) groups excluding carboxylic acids is 1. The average Bonchev–Trinajstić information content (AvgIpc) is 2.81. The number of nitrogens with two attached hydrogens (primary N) is 1. The van der Waals surface area contributed by atoms with Gasteiger partial charge in [-0.3, -0.25) is 4.79 Å². The molecule has 0 unspecified atom stereocenters. The maximum absolute atomic E-state index is 11.8. The van der Waals surface area contributed by atoms with Gasteiger partial charge in [0.05, 0.1) is 0 Å². The topological polar surface area (TPSA) is 110 Å². The van der Waals surface area contributed by atoms with Gasteiger partial charge in [0, 0.05) is 11.4 Å². The van der Waals surface area contributed by atoms with Crippen molar-refractivity contribution in [3.05, 3.63) is 35.9 Å². The Bertz CT molecular complexity index is 654. The molecule has 0 aliphatic carbocycles. The van der Waals surface area contributed by atoms with E-state index in [1.807, 2.05) is 13.0 Å². The van der Waals surface area contributed by atoms with E-state index in [0.29, 0.717) is 11.4 Å². The number of aryl methyl sites for hydroxylation is 1. The molecule has 7 nitrogen and oxygen atoms in total. The summed E-state index contributed by atoms with van der Waals surface area (Å²) in [6, 6.07) is 7.08. The van der Waals surface area contributed by atoms with E-state index in [0.717, 1.165) is 5.56 Å². The average molecular weight is 256 g/mol. The number of nitrogens with zero attached hydrogens (tertiary/aromatic N) is 4. The molecule has 1 amide bonds. The molecule has 0 radical (unpaired) electrons. The van der Waals surface area contributed by atoms with Crippen molar-refractivity contribution < 1.29 is 4.79 Å². The van der Waals surface area contributed by atoms with Gasteiger partial charge in [0.1, 0.15) is 18.9 Å². The van der Waals surface area contributed by atoms with Crippen molar-refractivity contribution >= 4 is 17.3 Å². The Balaban J connectivity index is 2.01. The standard InChI is InChI=1S/C12H12N6O/c1-8-2-3-9(4-10(8)14)16-12(19)6-18-7-15-11(5-13)17-18/h2-4,7H,6,14H2,1H3,(H,16,19). The zero-order chi connectivity index (χ0) is 13.8. The summed E-state index contributed by atoms with van der Waals surface area (Å²) < 4.78 is 1.30. The van der Waals surface area contributed by atoms with Crippen LogP contribution in [0.25, 0.3) is 0 Å². The molecular weight excluding hydrogens is 244 g/mol. The van der Waals surface area contributed by atoms with Crippen LogP contribution in [-0.2, 0) is 11.3 Å². The Morgan fingerprint density at radius 1 is 1.58 bits per heavy atom. The Morgan fingerprint density at radius 3 is 3.00 bits per heavy atom. The molecule has 96 valence electrons. The number of benzene rings is 1. The summed E-state index contributed by atoms with van der Waals surface area (Å²) in [7, 11) is 0. The first-order chi connectivity index (χ1) is 9.08. The van der Waals surface area contributed by atoms with Crippen LogP contribution >= 0.6 is 0 Å². The van der Waals surface area contributed by atoms with Gasteiger partial charge in [-0.1, -0.05) is 6.07 Å². The number of hydrogen-bond acceptors (Lipinski definition) is 5. The van der Waals surface area contributed by atoms with Gasteiger partial charge in [0.15, 0.2) is 0 Å². The summed E-state index contributed by atoms with van der Waals surface area (Å²) in [6.07, 6.45) is 1.33. The molecule has 3 N–H and O–H groups in total. The van der Waals surface area contributed by atoms with Gasteiger partial charge < -0.3 is 11.1 Å². The van der Waals surface area contributed by atoms with Crippen molar-refractivity contribution in [2.24, 2.45) is 0 Å². The lowest BCUT2D eigenvalue weighted by atomic mass is 10.2. The second-order valence-corrected chi connectivity index (χ2v) is 4.00. The van der Waals surface area contributed by atoms with Gasteiger partial charge in [-0.25, -0.2) is 9.67 Å². The number of nitrogen functional groups attached to an aromatic ring is 1. The van der Waals surface area contributed by atoms with Crippen LogP contribution in [0, 0.1) is 18.3 Å². The van der Waals surface area contributed by atoms with E-state index < -0.39 is 0 Å². The lowest BCUT2D eigenvalue weighted by Gasteiger charge is -2.07. The van der Waals surface area contributed by atoms with E-state index in [2.05, 4.69) is 15.4 Å². The zero-order valence-corrected chi connectivity index (χ0v) is 10.3. The summed E-state index contributed by atoms with van der Waals surface area (Å²) in [6.45, 7) is 1.88. The van der Waals surface area contributed by atoms with Crippen molar-refractivity contribution in [1.82, 2.24) is 14.8 Å². The third kappa shape index (κ3) is 3.07. The van der Waals surface area contributed by atoms with E-state index in [1.165, 1.54) is 11.0 Å². The molecule has 2 aromatic rings. The maximum Gasteiger partial charge on any atom is 0.252 e. The molecule has 0 saturated heterocycles. The normalized spacial score (nSPS) is 9.89. The molecule has 1 aromatic heterocycles. The minimum absolute atomic E-state index is 0.0114. The summed E-state index contributed by atoms with van der Waals surface area (Å²) in [4.78, 5) is 15.5. The molecule has 0 aliphatic rings. The van der Waals surface area contributed by atoms with Crippen LogP contribution in [-0.4, -0.2) is 20.7 Å². The van der Waals surface area contributed by atoms with Crippen LogP contribution in [0.15, 0.2) is 24.5 Å². The van der Waals surface area contributed by atoms with Crippen LogP contribution in [0.3, 0.4) is 0 Å². The molecule has 0 fully saturated rings. The highest BCUT2D eigenvalue weighted by Gasteiger charge is 2.06. The minimum Gasteiger partial charge on any atom is -0.398 e. The number of anilines is 2. The van der Waals surface area contributed by atoms with Gasteiger partial charge >= 0.3 is 0 Å². The molecule has 0 saturated carbocycles. The molecule has 7 heteroatoms. The number of rotatable bonds is 3. The highest BCUT2D eigenvalue weighted by Crippen LogP contribution is 2.16. The number of carbonyl (C=O) groups is 1. The summed E-state index contributed by atoms with van der Waals surface area (Å²) in [5.41, 5.74) is 7.94. The molecule has 0 aliphatic heterocycles. The number of hydrogen-bond donors (Lipinski definition) is 2. The number of nitrogens with one attached hydrogen (secondary N) is 1. The maximum atomic E-state index is 11.8. The fraction of sp³-hybridized carbons (Fsp3) is 0.167. The van der Waals surface area contributed by atoms with Crippen molar-refractivity contribution in [2.45, 2.75) is 13.5 Å². The third-order valence-corrected chi connectivity index (χ3v) is 2.51. The predicted molar refractivity (Wildman–Crippen MR) is 69.0 cm³/mol. The van der Waals surface area contributed by atoms with Crippen LogP contribution in [0.5, 0.6) is 0 Å². The SMILES string of the molecule is Cc1ccc(NC(=O)Cn2cnc(C#N)n2)cc1N. The summed E-state index contributed by atoms with van der Waals surface area (Å²) in [5.74, 6) is -0.231. The highest BCUT2D eigenvalue weighted by molar-refractivity contribution is 5.91. The molecular formula is C12H12N6O. The van der Waals surface area contributed by atoms with Crippen LogP contribution < -0.4 is 11.1 Å². The third-order valence-electron chi connectivity index (χ3n) is 2.51. The Hall–Kier alpha value is -2.88. The molecule has 2 rings (SSSR count). The fourth-order valence-corrected chi connectivity index (χ4v) is 1.49. The van der Waals surface area contributed by atoms with E-state index in [4.69, 9.17) is 11.0 Å². The summed E-state index contributed by atoms with van der Waals surface area (Å²) in [5, 5.41) is 15.1. The van der Waals surface area contributed by atoms with Crippen molar-refractivity contribution in [1.29, 1.82) is 5.26 Å². The number of nitriles is 1. The van der Waals surface area contributed by atoms with Crippen LogP contribution in [0.1, 0.15) is 11.4 Å². The summed E-state index contributed by atoms with van der Waals surface area (Å²) >= 11 is 0. The molecule has 1 heterocycles. The van der Waals surface area contributed by atoms with Gasteiger partial charge in [-0.05, 0) is 24.6 Å². The Kier molecular flexibility index (Phi) is 3.43. The fourth-order valence-electron chi connectivity index (χ4n) is 1.49. The molecule has 0 spiro atoms. The lowest BCUT2D eigenvalue weighted by Crippen LogP contribution is -2.19. The monoisotopic (exact) mass is 256 g/mol. The second-order valence-electron chi connectivity index (χ2n) is 4.00. The first-order valence-corrected chi connectivity index (χ1v) is 5.54. The van der Waals surface area contributed by atoms with Gasteiger partial charge in [0.2, 0.25) is 5.91 Å². The lowest BCUT2D eigenvalue weighted by molar-refractivity contribution is -0.116. The molecule has 19 heavy (non-hydrogen) atoms. The highest BCUT2D eigenvalue weighted by atomic mass is 16.2. The first kappa shape index (κ1) is 12.6. The minimum atomic E-state index is -0.266. The quantitative estimate of drug-likeness (QED) is 0.785. The predicted octanol–water partition coefficient (Wildman–Crippen LogP) is 0.679. The smallest absolute Gasteiger partial charge is 0.252 e. The largest absolute Gasteiger partial charge is 0.398 e. The van der Waals surface area contributed by atoms with Gasteiger partial charge in [0.25, 0.3) is 5.82 Å². The van der Waals surface area contributed by atoms with E-state index >= 15 is 0 Å². The van der Waals surface area contributed by atoms with E-state index in [-0.39, 0.29) is 18.3 Å². The van der Waals surface area contributed by atoms with Crippen LogP contribution in [0.4, 0.5) is 11.4 Å². The second kappa shape index (κ2) is 5.18. The number of amides is 1. The van der Waals surface area contributed by atoms with Gasteiger partial charge in [-0.2, -0.15) is 5.26 Å². The molecule has 0 bridgehead atoms. The first-order valence-electron chi connectivity index (χ1n) is 5.54. The van der Waals surface area contributed by atoms with Crippen molar-refractivity contribution in [3.63, 3.8) is 0 Å². The van der Waals surface area contributed by atoms with E-state index in [9.17, 15) is 4.79 Å². The Labute approximate surface area is 109 Å². The number of aromatic nitrogens is 3. The van der Waals surface area contributed by atoms with Crippen molar-refractivity contribution in [2.75, 3.05) is 11.1 Å². The molecule has 1 aromatic carbocycles. The van der Waals surface area contributed by atoms with Gasteiger partial charge in [-0.15, -0.1) is 5.10 Å². The Morgan fingerprint density at radius 2 is 2.37 bits per heavy atom.